The van der Waals surface area contributed by atoms with Crippen molar-refractivity contribution < 1.29 is 18.7 Å². The molecule has 2 N–H and O–H groups in total. The van der Waals surface area contributed by atoms with Gasteiger partial charge in [0.2, 0.25) is 0 Å². The average Bonchev–Trinajstić information content (AvgIpc) is 2.70. The van der Waals surface area contributed by atoms with Crippen LogP contribution in [0.2, 0.25) is 0 Å². The number of rotatable bonds is 4. The Bertz CT molecular complexity index is 962. The molecule has 2 aromatic carbocycles. The molecule has 0 saturated heterocycles. The Hall–Kier alpha value is -3.68. The van der Waals surface area contributed by atoms with E-state index in [1.165, 1.54) is 24.3 Å². The van der Waals surface area contributed by atoms with Crippen molar-refractivity contribution >= 4 is 23.1 Å². The first-order valence-electron chi connectivity index (χ1n) is 8.25. The van der Waals surface area contributed by atoms with Crippen molar-refractivity contribution in [3.63, 3.8) is 0 Å². The predicted molar refractivity (Wildman–Crippen MR) is 97.1 cm³/mol. The summed E-state index contributed by atoms with van der Waals surface area (Å²) in [7, 11) is 0. The van der Waals surface area contributed by atoms with E-state index in [-0.39, 0.29) is 11.5 Å². The van der Waals surface area contributed by atoms with Crippen molar-refractivity contribution in [2.24, 2.45) is 0 Å². The number of aromatic nitrogens is 2. The third-order valence-electron chi connectivity index (χ3n) is 3.81. The van der Waals surface area contributed by atoms with E-state index in [1.807, 2.05) is 18.2 Å². The summed E-state index contributed by atoms with van der Waals surface area (Å²) in [6.07, 6.45) is 0. The Morgan fingerprint density at radius 2 is 1.63 bits per heavy atom. The van der Waals surface area contributed by atoms with Crippen LogP contribution in [0.4, 0.5) is 21.6 Å². The van der Waals surface area contributed by atoms with E-state index in [0.29, 0.717) is 36.2 Å². The third kappa shape index (κ3) is 3.95. The number of halogens is 1. The monoisotopic (exact) mass is 366 g/mol. The predicted octanol–water partition coefficient (Wildman–Crippen LogP) is 3.38. The minimum atomic E-state index is -0.431. The normalized spacial score (nSPS) is 12.3. The van der Waals surface area contributed by atoms with Crippen LogP contribution in [0.25, 0.3) is 0 Å². The van der Waals surface area contributed by atoms with Crippen LogP contribution < -0.4 is 20.1 Å². The molecular formula is C19H15FN4O3. The number of ether oxygens (including phenoxy) is 2. The van der Waals surface area contributed by atoms with Crippen molar-refractivity contribution in [1.82, 2.24) is 10.2 Å². The number of carbonyl (C=O) groups excluding carboxylic acids is 1. The molecule has 1 amide bonds. The summed E-state index contributed by atoms with van der Waals surface area (Å²) < 4.78 is 23.9. The molecule has 136 valence electrons. The lowest BCUT2D eigenvalue weighted by atomic mass is 10.2. The molecule has 0 atom stereocenters. The summed E-state index contributed by atoms with van der Waals surface area (Å²) in [4.78, 5) is 12.2. The fourth-order valence-corrected chi connectivity index (χ4v) is 2.52. The van der Waals surface area contributed by atoms with E-state index in [9.17, 15) is 9.18 Å². The fraction of sp³-hybridized carbons (Fsp3) is 0.105. The van der Waals surface area contributed by atoms with Crippen LogP contribution in [0.3, 0.4) is 0 Å². The van der Waals surface area contributed by atoms with Gasteiger partial charge < -0.3 is 20.1 Å². The third-order valence-corrected chi connectivity index (χ3v) is 3.81. The highest BCUT2D eigenvalue weighted by Crippen LogP contribution is 2.33. The molecule has 0 aliphatic carbocycles. The van der Waals surface area contributed by atoms with Gasteiger partial charge >= 0.3 is 0 Å². The summed E-state index contributed by atoms with van der Waals surface area (Å²) >= 11 is 0. The summed E-state index contributed by atoms with van der Waals surface area (Å²) in [5.41, 5.74) is 1.38. The fourth-order valence-electron chi connectivity index (χ4n) is 2.52. The molecule has 7 nitrogen and oxygen atoms in total. The molecule has 3 aromatic rings. The van der Waals surface area contributed by atoms with Crippen LogP contribution in [0.15, 0.2) is 54.6 Å². The molecule has 0 unspecified atom stereocenters. The second kappa shape index (κ2) is 7.28. The number of carbonyl (C=O) groups is 1. The average molecular weight is 366 g/mol. The standard InChI is InChI=1S/C19H15FN4O3/c20-12-1-3-13(4-2-12)22-19(25)15-6-8-18(24-23-15)21-14-5-7-16-17(11-14)27-10-9-26-16/h1-8,11H,9-10H2,(H,21,24)(H,22,25). The van der Waals surface area contributed by atoms with Crippen molar-refractivity contribution in [2.45, 2.75) is 0 Å². The molecule has 8 heteroatoms. The molecule has 1 aliphatic heterocycles. The van der Waals surface area contributed by atoms with Gasteiger partial charge in [0.05, 0.1) is 0 Å². The number of hydrogen-bond acceptors (Lipinski definition) is 6. The number of nitrogens with one attached hydrogen (secondary N) is 2. The molecule has 0 bridgehead atoms. The summed E-state index contributed by atoms with van der Waals surface area (Å²) in [6, 6.07) is 14.1. The van der Waals surface area contributed by atoms with Gasteiger partial charge in [-0.15, -0.1) is 10.2 Å². The van der Waals surface area contributed by atoms with Crippen LogP contribution >= 0.6 is 0 Å². The van der Waals surface area contributed by atoms with Crippen LogP contribution in [-0.4, -0.2) is 29.3 Å². The highest BCUT2D eigenvalue weighted by Gasteiger charge is 2.13. The maximum absolute atomic E-state index is 12.9. The molecule has 4 rings (SSSR count). The van der Waals surface area contributed by atoms with Gasteiger partial charge in [0.25, 0.3) is 5.91 Å². The first-order chi connectivity index (χ1) is 13.2. The van der Waals surface area contributed by atoms with Gasteiger partial charge in [-0.05, 0) is 48.5 Å². The Morgan fingerprint density at radius 3 is 2.37 bits per heavy atom. The lowest BCUT2D eigenvalue weighted by molar-refractivity contribution is 0.102. The maximum Gasteiger partial charge on any atom is 0.276 e. The quantitative estimate of drug-likeness (QED) is 0.736. The highest BCUT2D eigenvalue weighted by atomic mass is 19.1. The van der Waals surface area contributed by atoms with Gasteiger partial charge in [0.15, 0.2) is 23.0 Å². The number of fused-ring (bicyclic) bond motifs is 1. The van der Waals surface area contributed by atoms with Gasteiger partial charge in [-0.3, -0.25) is 4.79 Å². The van der Waals surface area contributed by atoms with E-state index >= 15 is 0 Å². The summed E-state index contributed by atoms with van der Waals surface area (Å²) in [5, 5.41) is 13.7. The molecular weight excluding hydrogens is 351 g/mol. The minimum absolute atomic E-state index is 0.145. The van der Waals surface area contributed by atoms with Crippen molar-refractivity contribution in [2.75, 3.05) is 23.8 Å². The zero-order chi connectivity index (χ0) is 18.6. The maximum atomic E-state index is 12.9. The number of anilines is 3. The topological polar surface area (TPSA) is 85.4 Å². The van der Waals surface area contributed by atoms with E-state index in [4.69, 9.17) is 9.47 Å². The molecule has 1 aromatic heterocycles. The van der Waals surface area contributed by atoms with Gasteiger partial charge in [-0.25, -0.2) is 4.39 Å². The van der Waals surface area contributed by atoms with Gasteiger partial charge in [0.1, 0.15) is 19.0 Å². The number of nitrogens with zero attached hydrogens (tertiary/aromatic N) is 2. The van der Waals surface area contributed by atoms with E-state index in [0.717, 1.165) is 5.69 Å². The molecule has 27 heavy (non-hydrogen) atoms. The van der Waals surface area contributed by atoms with E-state index < -0.39 is 5.91 Å². The summed E-state index contributed by atoms with van der Waals surface area (Å²) in [5.74, 6) is 1.03. The molecule has 0 fully saturated rings. The zero-order valence-electron chi connectivity index (χ0n) is 14.1. The molecule has 0 saturated carbocycles. The largest absolute Gasteiger partial charge is 0.486 e. The number of amides is 1. The first kappa shape index (κ1) is 16.8. The Balaban J connectivity index is 1.42. The second-order valence-corrected chi connectivity index (χ2v) is 5.75. The zero-order valence-corrected chi connectivity index (χ0v) is 14.1. The molecule has 0 radical (unpaired) electrons. The Labute approximate surface area is 154 Å². The SMILES string of the molecule is O=C(Nc1ccc(F)cc1)c1ccc(Nc2ccc3c(c2)OCCO3)nn1. The number of hydrogen-bond donors (Lipinski definition) is 2. The molecule has 2 heterocycles. The van der Waals surface area contributed by atoms with E-state index in [1.54, 1.807) is 12.1 Å². The smallest absolute Gasteiger partial charge is 0.276 e. The lowest BCUT2D eigenvalue weighted by Crippen LogP contribution is -2.15. The van der Waals surface area contributed by atoms with Crippen LogP contribution in [0.5, 0.6) is 11.5 Å². The molecule has 0 spiro atoms. The lowest BCUT2D eigenvalue weighted by Gasteiger charge is -2.19. The van der Waals surface area contributed by atoms with Crippen molar-refractivity contribution in [1.29, 1.82) is 0 Å². The molecule has 1 aliphatic rings. The summed E-state index contributed by atoms with van der Waals surface area (Å²) in [6.45, 7) is 1.04. The van der Waals surface area contributed by atoms with Crippen LogP contribution in [0.1, 0.15) is 10.5 Å². The number of benzene rings is 2. The Kier molecular flexibility index (Phi) is 4.52. The van der Waals surface area contributed by atoms with Gasteiger partial charge in [0, 0.05) is 17.4 Å². The van der Waals surface area contributed by atoms with E-state index in [2.05, 4.69) is 20.8 Å². The minimum Gasteiger partial charge on any atom is -0.486 e. The Morgan fingerprint density at radius 1 is 0.889 bits per heavy atom. The van der Waals surface area contributed by atoms with Crippen LogP contribution in [-0.2, 0) is 0 Å². The van der Waals surface area contributed by atoms with Gasteiger partial charge in [-0.2, -0.15) is 0 Å². The van der Waals surface area contributed by atoms with Crippen molar-refractivity contribution in [3.05, 3.63) is 66.1 Å². The van der Waals surface area contributed by atoms with Crippen molar-refractivity contribution in [3.8, 4) is 11.5 Å². The second-order valence-electron chi connectivity index (χ2n) is 5.75. The highest BCUT2D eigenvalue weighted by molar-refractivity contribution is 6.02. The van der Waals surface area contributed by atoms with Crippen LogP contribution in [0, 0.1) is 5.82 Å². The van der Waals surface area contributed by atoms with Gasteiger partial charge in [-0.1, -0.05) is 0 Å². The first-order valence-corrected chi connectivity index (χ1v) is 8.25.